The Bertz CT molecular complexity index is 356. The van der Waals surface area contributed by atoms with Crippen LogP contribution < -0.4 is 4.74 Å². The maximum absolute atomic E-state index is 8.51. The molecule has 1 rings (SSSR count). The van der Waals surface area contributed by atoms with E-state index in [1.807, 2.05) is 12.1 Å². The molecular weight excluding hydrogens is 164 g/mol. The van der Waals surface area contributed by atoms with Gasteiger partial charge < -0.3 is 4.74 Å². The van der Waals surface area contributed by atoms with Crippen LogP contribution in [0.5, 0.6) is 5.75 Å². The molecule has 0 saturated carbocycles. The maximum Gasteiger partial charge on any atom is 0.181 e. The van der Waals surface area contributed by atoms with Crippen LogP contribution in [0.15, 0.2) is 24.3 Å². The highest BCUT2D eigenvalue weighted by molar-refractivity contribution is 5.34. The summed E-state index contributed by atoms with van der Waals surface area (Å²) in [6.07, 6.45) is -0.465. The summed E-state index contributed by atoms with van der Waals surface area (Å²) in [5.41, 5.74) is 0.581. The van der Waals surface area contributed by atoms with E-state index in [0.717, 1.165) is 0 Å². The summed E-state index contributed by atoms with van der Waals surface area (Å²) in [4.78, 5) is 0. The van der Waals surface area contributed by atoms with Crippen LogP contribution in [0, 0.1) is 22.7 Å². The van der Waals surface area contributed by atoms with Gasteiger partial charge in [-0.15, -0.1) is 0 Å². The number of hydrogen-bond donors (Lipinski definition) is 0. The lowest BCUT2D eigenvalue weighted by molar-refractivity contribution is 0.276. The van der Waals surface area contributed by atoms with E-state index >= 15 is 0 Å². The molecule has 64 valence electrons. The van der Waals surface area contributed by atoms with Crippen molar-refractivity contribution in [1.82, 2.24) is 0 Å². The molecule has 0 fully saturated rings. The molecule has 0 heterocycles. The Morgan fingerprint density at radius 3 is 2.31 bits per heavy atom. The van der Waals surface area contributed by atoms with E-state index < -0.39 is 6.10 Å². The Labute approximate surface area is 76.8 Å². The van der Waals surface area contributed by atoms with Crippen molar-refractivity contribution in [2.24, 2.45) is 0 Å². The van der Waals surface area contributed by atoms with Crippen molar-refractivity contribution < 1.29 is 4.74 Å². The lowest BCUT2D eigenvalue weighted by atomic mass is 10.2. The first-order chi connectivity index (χ1) is 6.26. The molecule has 0 unspecified atom stereocenters. The van der Waals surface area contributed by atoms with Crippen LogP contribution in [0.4, 0.5) is 0 Å². The summed E-state index contributed by atoms with van der Waals surface area (Å²) >= 11 is 0. The molecule has 0 aromatic heterocycles. The average Bonchev–Trinajstić information content (AvgIpc) is 2.19. The zero-order chi connectivity index (χ0) is 9.68. The lowest BCUT2D eigenvalue weighted by Gasteiger charge is -2.06. The Morgan fingerprint density at radius 2 is 1.85 bits per heavy atom. The molecule has 1 atom stereocenters. The van der Waals surface area contributed by atoms with E-state index in [2.05, 4.69) is 0 Å². The van der Waals surface area contributed by atoms with Crippen molar-refractivity contribution in [3.63, 3.8) is 0 Å². The molecule has 0 spiro atoms. The number of nitriles is 2. The fraction of sp³-hybridized carbons (Fsp3) is 0.200. The average molecular weight is 172 g/mol. The van der Waals surface area contributed by atoms with Gasteiger partial charge in [0.1, 0.15) is 11.8 Å². The van der Waals surface area contributed by atoms with Crippen molar-refractivity contribution >= 4 is 0 Å². The molecule has 0 aliphatic rings. The Balaban J connectivity index is 2.72. The van der Waals surface area contributed by atoms with Gasteiger partial charge in [0.05, 0.1) is 11.6 Å². The molecule has 3 heteroatoms. The summed E-state index contributed by atoms with van der Waals surface area (Å²) in [6.45, 7) is 1.66. The van der Waals surface area contributed by atoms with E-state index in [9.17, 15) is 0 Å². The van der Waals surface area contributed by atoms with Gasteiger partial charge in [0.2, 0.25) is 0 Å². The SMILES string of the molecule is C[C@@H](C#N)Oc1ccc(C#N)cc1. The first-order valence-corrected chi connectivity index (χ1v) is 3.82. The summed E-state index contributed by atoms with van der Waals surface area (Å²) in [5, 5.41) is 17.0. The highest BCUT2D eigenvalue weighted by atomic mass is 16.5. The molecule has 0 N–H and O–H groups in total. The minimum atomic E-state index is -0.465. The van der Waals surface area contributed by atoms with Gasteiger partial charge in [-0.2, -0.15) is 10.5 Å². The third-order valence-electron chi connectivity index (χ3n) is 1.48. The largest absolute Gasteiger partial charge is 0.476 e. The molecule has 1 aromatic rings. The molecular formula is C10H8N2O. The maximum atomic E-state index is 8.51. The molecule has 0 saturated heterocycles. The van der Waals surface area contributed by atoms with Crippen LogP contribution in [-0.2, 0) is 0 Å². The molecule has 0 amide bonds. The molecule has 13 heavy (non-hydrogen) atoms. The van der Waals surface area contributed by atoms with Crippen molar-refractivity contribution in [2.75, 3.05) is 0 Å². The topological polar surface area (TPSA) is 56.8 Å². The normalized spacial score (nSPS) is 11.0. The van der Waals surface area contributed by atoms with Crippen molar-refractivity contribution in [3.8, 4) is 17.9 Å². The van der Waals surface area contributed by atoms with E-state index in [1.165, 1.54) is 0 Å². The first kappa shape index (κ1) is 9.09. The zero-order valence-electron chi connectivity index (χ0n) is 7.19. The van der Waals surface area contributed by atoms with Crippen molar-refractivity contribution in [2.45, 2.75) is 13.0 Å². The molecule has 0 aliphatic carbocycles. The monoisotopic (exact) mass is 172 g/mol. The smallest absolute Gasteiger partial charge is 0.181 e. The summed E-state index contributed by atoms with van der Waals surface area (Å²) in [7, 11) is 0. The van der Waals surface area contributed by atoms with Crippen LogP contribution in [0.3, 0.4) is 0 Å². The van der Waals surface area contributed by atoms with E-state index in [0.29, 0.717) is 11.3 Å². The Kier molecular flexibility index (Phi) is 2.89. The van der Waals surface area contributed by atoms with E-state index in [-0.39, 0.29) is 0 Å². The second-order valence-corrected chi connectivity index (χ2v) is 2.53. The van der Waals surface area contributed by atoms with Crippen molar-refractivity contribution in [3.05, 3.63) is 29.8 Å². The van der Waals surface area contributed by atoms with Gasteiger partial charge in [-0.25, -0.2) is 0 Å². The molecule has 3 nitrogen and oxygen atoms in total. The number of hydrogen-bond acceptors (Lipinski definition) is 3. The van der Waals surface area contributed by atoms with Gasteiger partial charge in [-0.05, 0) is 31.2 Å². The van der Waals surface area contributed by atoms with Gasteiger partial charge in [0, 0.05) is 0 Å². The second kappa shape index (κ2) is 4.13. The highest BCUT2D eigenvalue weighted by Crippen LogP contribution is 2.12. The molecule has 1 aromatic carbocycles. The number of benzene rings is 1. The third kappa shape index (κ3) is 2.50. The predicted octanol–water partition coefficient (Wildman–Crippen LogP) is 1.85. The number of ether oxygens (including phenoxy) is 1. The van der Waals surface area contributed by atoms with Crippen LogP contribution in [0.2, 0.25) is 0 Å². The first-order valence-electron chi connectivity index (χ1n) is 3.82. The van der Waals surface area contributed by atoms with Gasteiger partial charge in [0.15, 0.2) is 6.10 Å². The minimum Gasteiger partial charge on any atom is -0.476 e. The van der Waals surface area contributed by atoms with Gasteiger partial charge in [0.25, 0.3) is 0 Å². The number of nitrogens with zero attached hydrogens (tertiary/aromatic N) is 2. The summed E-state index contributed by atoms with van der Waals surface area (Å²) in [5.74, 6) is 0.605. The molecule has 0 aliphatic heterocycles. The fourth-order valence-electron chi connectivity index (χ4n) is 0.839. The highest BCUT2D eigenvalue weighted by Gasteiger charge is 2.00. The predicted molar refractivity (Wildman–Crippen MR) is 46.9 cm³/mol. The Morgan fingerprint density at radius 1 is 1.23 bits per heavy atom. The fourth-order valence-corrected chi connectivity index (χ4v) is 0.839. The van der Waals surface area contributed by atoms with Crippen LogP contribution in [0.1, 0.15) is 12.5 Å². The minimum absolute atomic E-state index is 0.465. The third-order valence-corrected chi connectivity index (χ3v) is 1.48. The summed E-state index contributed by atoms with van der Waals surface area (Å²) < 4.78 is 5.19. The van der Waals surface area contributed by atoms with E-state index in [4.69, 9.17) is 15.3 Å². The zero-order valence-corrected chi connectivity index (χ0v) is 7.19. The van der Waals surface area contributed by atoms with Gasteiger partial charge in [-0.1, -0.05) is 0 Å². The summed E-state index contributed by atoms with van der Waals surface area (Å²) in [6, 6.07) is 10.6. The van der Waals surface area contributed by atoms with Crippen molar-refractivity contribution in [1.29, 1.82) is 10.5 Å². The second-order valence-electron chi connectivity index (χ2n) is 2.53. The van der Waals surface area contributed by atoms with E-state index in [1.54, 1.807) is 31.2 Å². The van der Waals surface area contributed by atoms with Crippen LogP contribution in [-0.4, -0.2) is 6.10 Å². The van der Waals surface area contributed by atoms with Gasteiger partial charge >= 0.3 is 0 Å². The van der Waals surface area contributed by atoms with Crippen LogP contribution in [0.25, 0.3) is 0 Å². The number of rotatable bonds is 2. The molecule has 0 bridgehead atoms. The standard InChI is InChI=1S/C10H8N2O/c1-8(6-11)13-10-4-2-9(7-12)3-5-10/h2-5,8H,1H3/t8-/m0/s1. The quantitative estimate of drug-likeness (QED) is 0.684. The Hall–Kier alpha value is -2.00. The van der Waals surface area contributed by atoms with Crippen LogP contribution >= 0.6 is 0 Å². The van der Waals surface area contributed by atoms with Gasteiger partial charge in [-0.3, -0.25) is 0 Å². The molecule has 0 radical (unpaired) electrons. The lowest BCUT2D eigenvalue weighted by Crippen LogP contribution is -2.07.